The van der Waals surface area contributed by atoms with Crippen LogP contribution in [0.3, 0.4) is 0 Å². The highest BCUT2D eigenvalue weighted by Gasteiger charge is 2.67. The predicted octanol–water partition coefficient (Wildman–Crippen LogP) is 6.39. The van der Waals surface area contributed by atoms with Gasteiger partial charge in [-0.15, -0.1) is 0 Å². The lowest BCUT2D eigenvalue weighted by molar-refractivity contribution is -0.967. The Balaban J connectivity index is 1.25. The van der Waals surface area contributed by atoms with Gasteiger partial charge in [0.05, 0.1) is 23.0 Å². The van der Waals surface area contributed by atoms with Crippen LogP contribution in [0.1, 0.15) is 11.1 Å². The summed E-state index contributed by atoms with van der Waals surface area (Å²) in [5, 5.41) is 9.16. The number of aromatic nitrogens is 4. The molecule has 0 amide bonds. The zero-order valence-corrected chi connectivity index (χ0v) is 31.2. The lowest BCUT2D eigenvalue weighted by Gasteiger charge is -2.42. The van der Waals surface area contributed by atoms with Crippen molar-refractivity contribution in [2.75, 3.05) is 0 Å². The normalized spacial score (nSPS) is 22.1. The molecule has 10 aromatic rings. The van der Waals surface area contributed by atoms with Crippen LogP contribution in [-0.2, 0) is 14.8 Å². The van der Waals surface area contributed by atoms with Crippen LogP contribution >= 0.6 is 14.3 Å². The lowest BCUT2D eigenvalue weighted by Crippen LogP contribution is -2.80. The van der Waals surface area contributed by atoms with Gasteiger partial charge in [0.2, 0.25) is 0 Å². The molecule has 4 aromatic heterocycles. The SMILES string of the molecule is O=P1(c2ccccc2)c2ccc[n+]3c2-n2c4c1cccc4c1ccc4c(c12)C31c2c(ccc3c5cccc6c5n(c23)-c2c(ccc[n+]21)P6(=O)c1ccccc1)O4. The number of benzene rings is 6. The molecule has 56 heavy (non-hydrogen) atoms. The summed E-state index contributed by atoms with van der Waals surface area (Å²) in [6, 6.07) is 49.4. The molecule has 0 fully saturated rings. The summed E-state index contributed by atoms with van der Waals surface area (Å²) in [7, 11) is -6.81. The number of hydrogen-bond acceptors (Lipinski definition) is 3. The van der Waals surface area contributed by atoms with Crippen LogP contribution in [0.15, 0.2) is 158 Å². The zero-order valence-electron chi connectivity index (χ0n) is 29.4. The van der Waals surface area contributed by atoms with Crippen LogP contribution in [0.2, 0.25) is 0 Å². The van der Waals surface area contributed by atoms with Crippen molar-refractivity contribution in [1.29, 1.82) is 0 Å². The molecule has 15 rings (SSSR count). The molecule has 0 saturated heterocycles. The molecule has 0 radical (unpaired) electrons. The van der Waals surface area contributed by atoms with Gasteiger partial charge in [-0.1, -0.05) is 72.8 Å². The van der Waals surface area contributed by atoms with Crippen LogP contribution in [0, 0.1) is 0 Å². The van der Waals surface area contributed by atoms with Gasteiger partial charge in [0.1, 0.15) is 33.2 Å². The third-order valence-electron chi connectivity index (χ3n) is 13.3. The summed E-state index contributed by atoms with van der Waals surface area (Å²) < 4.78 is 49.4. The number of hydrogen-bond donors (Lipinski definition) is 0. The van der Waals surface area contributed by atoms with E-state index in [4.69, 9.17) is 4.74 Å². The maximum Gasteiger partial charge on any atom is 0.321 e. The van der Waals surface area contributed by atoms with Gasteiger partial charge < -0.3 is 13.9 Å². The summed E-state index contributed by atoms with van der Waals surface area (Å²) >= 11 is 0. The van der Waals surface area contributed by atoms with Crippen LogP contribution in [-0.4, -0.2) is 9.13 Å². The first-order valence-electron chi connectivity index (χ1n) is 18.9. The Labute approximate surface area is 318 Å². The van der Waals surface area contributed by atoms with Gasteiger partial charge in [-0.25, -0.2) is 0 Å². The molecule has 5 aliphatic heterocycles. The first-order valence-corrected chi connectivity index (χ1v) is 22.3. The topological polar surface area (TPSA) is 61.0 Å². The summed E-state index contributed by atoms with van der Waals surface area (Å²) in [4.78, 5) is 0. The van der Waals surface area contributed by atoms with Gasteiger partial charge in [-0.3, -0.25) is 0 Å². The third kappa shape index (κ3) is 2.68. The summed E-state index contributed by atoms with van der Waals surface area (Å²) in [6.07, 6.45) is 4.31. The molecular weight excluding hydrogens is 730 g/mol. The molecule has 0 saturated carbocycles. The Morgan fingerprint density at radius 3 is 1.32 bits per heavy atom. The molecule has 0 bridgehead atoms. The third-order valence-corrected chi connectivity index (χ3v) is 19.5. The summed E-state index contributed by atoms with van der Waals surface area (Å²) in [6.45, 7) is 0. The van der Waals surface area contributed by atoms with E-state index in [1.165, 1.54) is 0 Å². The molecule has 0 N–H and O–H groups in total. The van der Waals surface area contributed by atoms with Crippen LogP contribution < -0.4 is 45.7 Å². The van der Waals surface area contributed by atoms with Gasteiger partial charge in [0.15, 0.2) is 36.4 Å². The monoisotopic (exact) mass is 756 g/mol. The average Bonchev–Trinajstić information content (AvgIpc) is 3.78. The Morgan fingerprint density at radius 2 is 0.857 bits per heavy atom. The molecule has 2 unspecified atom stereocenters. The second-order valence-corrected chi connectivity index (χ2v) is 20.9. The number of fused-ring (bicyclic) bond motifs is 2. The van der Waals surface area contributed by atoms with Crippen LogP contribution in [0.5, 0.6) is 11.5 Å². The number of pyridine rings is 2. The Morgan fingerprint density at radius 1 is 0.429 bits per heavy atom. The fourth-order valence-corrected chi connectivity index (χ4v) is 17.4. The first-order chi connectivity index (χ1) is 27.6. The zero-order chi connectivity index (χ0) is 36.4. The molecule has 2 atom stereocenters. The Hall–Kier alpha value is -6.52. The van der Waals surface area contributed by atoms with Crippen molar-refractivity contribution >= 4 is 89.7 Å². The standard InChI is InChI=1S/C47H26N4O3P2/c52-55(27-11-3-1-4-12-27)35-17-7-15-29-31-21-23-33-39-43(31)50(41(29)35)45-37(55)19-9-25-48(45)47(39)40-34(54-33)24-22-32-30-16-8-18-36-42(30)51(44(32)40)46-38(20-10-26-49(46)47)56(36,53)28-13-5-2-6-14-28/h1-26H/q+2. The minimum absolute atomic E-state index is 0.766. The molecule has 1 spiro atoms. The van der Waals surface area contributed by atoms with Crippen LogP contribution in [0.25, 0.3) is 55.2 Å². The highest BCUT2D eigenvalue weighted by Crippen LogP contribution is 2.60. The van der Waals surface area contributed by atoms with Crippen molar-refractivity contribution < 1.29 is 23.0 Å². The van der Waals surface area contributed by atoms with E-state index in [0.717, 1.165) is 110 Å². The maximum absolute atomic E-state index is 16.4. The van der Waals surface area contributed by atoms with Crippen molar-refractivity contribution in [3.63, 3.8) is 0 Å². The smallest absolute Gasteiger partial charge is 0.321 e. The van der Waals surface area contributed by atoms with Crippen molar-refractivity contribution in [2.24, 2.45) is 0 Å². The predicted molar refractivity (Wildman–Crippen MR) is 220 cm³/mol. The molecule has 260 valence electrons. The van der Waals surface area contributed by atoms with E-state index in [9.17, 15) is 0 Å². The molecule has 0 aliphatic carbocycles. The Bertz CT molecular complexity index is 3460. The molecule has 9 heteroatoms. The first kappa shape index (κ1) is 28.9. The number of nitrogens with zero attached hydrogens (tertiary/aromatic N) is 4. The molecule has 9 heterocycles. The van der Waals surface area contributed by atoms with E-state index in [2.05, 4.69) is 116 Å². The van der Waals surface area contributed by atoms with Crippen molar-refractivity contribution in [3.05, 3.63) is 169 Å². The van der Waals surface area contributed by atoms with Crippen LogP contribution in [0.4, 0.5) is 0 Å². The highest BCUT2D eigenvalue weighted by atomic mass is 31.2. The van der Waals surface area contributed by atoms with Gasteiger partial charge in [-0.05, 0) is 72.8 Å². The fourth-order valence-electron chi connectivity index (χ4n) is 11.4. The fraction of sp³-hybridized carbons (Fsp3) is 0.0213. The van der Waals surface area contributed by atoms with E-state index < -0.39 is 19.9 Å². The van der Waals surface area contributed by atoms with E-state index in [1.54, 1.807) is 0 Å². The molecule has 5 aliphatic rings. The summed E-state index contributed by atoms with van der Waals surface area (Å²) in [5.74, 6) is 3.29. The second-order valence-electron chi connectivity index (χ2n) is 15.5. The Kier molecular flexibility index (Phi) is 4.61. The van der Waals surface area contributed by atoms with Crippen molar-refractivity contribution in [3.8, 4) is 23.1 Å². The molecular formula is C47H26N4O3P2+2. The minimum atomic E-state index is -3.41. The van der Waals surface area contributed by atoms with Gasteiger partial charge >= 0.3 is 17.3 Å². The molecule has 6 aromatic carbocycles. The van der Waals surface area contributed by atoms with E-state index in [0.29, 0.717) is 0 Å². The van der Waals surface area contributed by atoms with Crippen molar-refractivity contribution in [1.82, 2.24) is 9.13 Å². The largest absolute Gasteiger partial charge is 0.456 e. The second kappa shape index (κ2) is 8.95. The molecule has 7 nitrogen and oxygen atoms in total. The van der Waals surface area contributed by atoms with Gasteiger partial charge in [-0.2, -0.15) is 18.3 Å². The van der Waals surface area contributed by atoms with Crippen molar-refractivity contribution in [2.45, 2.75) is 5.66 Å². The van der Waals surface area contributed by atoms with E-state index in [1.807, 2.05) is 60.7 Å². The minimum Gasteiger partial charge on any atom is -0.456 e. The number of para-hydroxylation sites is 2. The van der Waals surface area contributed by atoms with E-state index >= 15 is 9.13 Å². The highest BCUT2D eigenvalue weighted by molar-refractivity contribution is 7.86. The summed E-state index contributed by atoms with van der Waals surface area (Å²) in [5.41, 5.74) is 4.99. The number of ether oxygens (including phenoxy) is 1. The van der Waals surface area contributed by atoms with E-state index in [-0.39, 0.29) is 0 Å². The maximum atomic E-state index is 16.4. The van der Waals surface area contributed by atoms with Gasteiger partial charge in [0, 0.05) is 32.2 Å². The quantitative estimate of drug-likeness (QED) is 0.152. The van der Waals surface area contributed by atoms with Gasteiger partial charge in [0.25, 0.3) is 0 Å². The number of rotatable bonds is 2. The average molecular weight is 757 g/mol. The lowest BCUT2D eigenvalue weighted by atomic mass is 9.81.